The zero-order chi connectivity index (χ0) is 24.4. The zero-order valence-electron chi connectivity index (χ0n) is 19.6. The van der Waals surface area contributed by atoms with Gasteiger partial charge in [0.05, 0.1) is 34.3 Å². The maximum Gasteiger partial charge on any atom is 0.307 e. The number of carbonyl (C=O) groups is 1. The highest BCUT2D eigenvalue weighted by molar-refractivity contribution is 5.79. The molecule has 2 heterocycles. The molecule has 8 heteroatoms. The molecule has 5 rings (SSSR count). The molecule has 0 bridgehead atoms. The number of aryl methyl sites for hydroxylation is 1. The lowest BCUT2D eigenvalue weighted by molar-refractivity contribution is -0.143. The van der Waals surface area contributed by atoms with E-state index < -0.39 is 11.9 Å². The first-order valence-corrected chi connectivity index (χ1v) is 11.8. The van der Waals surface area contributed by atoms with Gasteiger partial charge in [-0.1, -0.05) is 25.0 Å². The van der Waals surface area contributed by atoms with Gasteiger partial charge < -0.3 is 14.4 Å². The van der Waals surface area contributed by atoms with E-state index in [0.717, 1.165) is 47.4 Å². The lowest BCUT2D eigenvalue weighted by atomic mass is 9.78. The predicted molar refractivity (Wildman–Crippen MR) is 130 cm³/mol. The molecule has 1 fully saturated rings. The van der Waals surface area contributed by atoms with E-state index in [2.05, 4.69) is 15.7 Å². The molecule has 0 spiro atoms. The minimum Gasteiger partial charge on any atom is -0.487 e. The van der Waals surface area contributed by atoms with Crippen molar-refractivity contribution in [1.29, 1.82) is 5.26 Å². The number of aromatic nitrogens is 4. The quantitative estimate of drug-likeness (QED) is 0.423. The summed E-state index contributed by atoms with van der Waals surface area (Å²) in [7, 11) is 1.87. The van der Waals surface area contributed by atoms with Gasteiger partial charge in [0, 0.05) is 31.8 Å². The number of nitrogens with zero attached hydrogens (tertiary/aromatic N) is 5. The number of carboxylic acids is 1. The van der Waals surface area contributed by atoms with E-state index in [1.54, 1.807) is 10.7 Å². The lowest BCUT2D eigenvalue weighted by Crippen LogP contribution is -2.27. The van der Waals surface area contributed by atoms with Gasteiger partial charge in [-0.15, -0.1) is 0 Å². The lowest BCUT2D eigenvalue weighted by Gasteiger charge is -2.28. The summed E-state index contributed by atoms with van der Waals surface area (Å²) in [6.07, 6.45) is 5.23. The molecular formula is C27H27N5O3. The van der Waals surface area contributed by atoms with Gasteiger partial charge in [0.15, 0.2) is 0 Å². The Bertz CT molecular complexity index is 1410. The number of fused-ring (bicyclic) bond motifs is 1. The molecule has 35 heavy (non-hydrogen) atoms. The number of hydrogen-bond acceptors (Lipinski definition) is 5. The van der Waals surface area contributed by atoms with Crippen LogP contribution >= 0.6 is 0 Å². The molecule has 1 aliphatic rings. The molecule has 0 radical (unpaired) electrons. The van der Waals surface area contributed by atoms with Crippen LogP contribution in [0.1, 0.15) is 54.2 Å². The fourth-order valence-electron chi connectivity index (χ4n) is 5.01. The van der Waals surface area contributed by atoms with Gasteiger partial charge in [-0.2, -0.15) is 10.4 Å². The summed E-state index contributed by atoms with van der Waals surface area (Å²) < 4.78 is 9.86. The van der Waals surface area contributed by atoms with Gasteiger partial charge in [-0.05, 0) is 48.7 Å². The smallest absolute Gasteiger partial charge is 0.307 e. The van der Waals surface area contributed by atoms with Crippen molar-refractivity contribution in [3.05, 3.63) is 77.4 Å². The first-order chi connectivity index (χ1) is 17.0. The Morgan fingerprint density at radius 2 is 2.06 bits per heavy atom. The monoisotopic (exact) mass is 469 g/mol. The van der Waals surface area contributed by atoms with Crippen LogP contribution in [0.5, 0.6) is 5.75 Å². The van der Waals surface area contributed by atoms with E-state index in [0.29, 0.717) is 30.9 Å². The van der Waals surface area contributed by atoms with Gasteiger partial charge in [-0.3, -0.25) is 9.48 Å². The average molecular weight is 470 g/mol. The van der Waals surface area contributed by atoms with Crippen LogP contribution in [0.3, 0.4) is 0 Å². The molecule has 0 amide bonds. The number of benzene rings is 2. The number of ether oxygens (including phenoxy) is 1. The Hall–Kier alpha value is -4.12. The third-order valence-corrected chi connectivity index (χ3v) is 6.72. The predicted octanol–water partition coefficient (Wildman–Crippen LogP) is 4.63. The van der Waals surface area contributed by atoms with Gasteiger partial charge in [-0.25, -0.2) is 4.98 Å². The third kappa shape index (κ3) is 4.76. The molecule has 1 aliphatic carbocycles. The van der Waals surface area contributed by atoms with Crippen molar-refractivity contribution < 1.29 is 14.6 Å². The van der Waals surface area contributed by atoms with Gasteiger partial charge in [0.25, 0.3) is 0 Å². The van der Waals surface area contributed by atoms with Crippen molar-refractivity contribution in [2.45, 2.75) is 44.8 Å². The molecule has 178 valence electrons. The van der Waals surface area contributed by atoms with Crippen LogP contribution in [0.4, 0.5) is 0 Å². The molecule has 2 aromatic carbocycles. The Morgan fingerprint density at radius 1 is 1.20 bits per heavy atom. The number of carboxylic acid groups (broad SMARTS) is 1. The molecule has 1 unspecified atom stereocenters. The van der Waals surface area contributed by atoms with E-state index in [1.165, 1.54) is 0 Å². The van der Waals surface area contributed by atoms with Crippen molar-refractivity contribution in [1.82, 2.24) is 19.3 Å². The molecule has 2 atom stereocenters. The first kappa shape index (κ1) is 22.7. The van der Waals surface area contributed by atoms with Crippen molar-refractivity contribution in [3.63, 3.8) is 0 Å². The van der Waals surface area contributed by atoms with Crippen LogP contribution in [0, 0.1) is 17.2 Å². The zero-order valence-corrected chi connectivity index (χ0v) is 19.6. The third-order valence-electron chi connectivity index (χ3n) is 6.72. The van der Waals surface area contributed by atoms with E-state index in [-0.39, 0.29) is 5.92 Å². The van der Waals surface area contributed by atoms with Gasteiger partial charge >= 0.3 is 5.97 Å². The summed E-state index contributed by atoms with van der Waals surface area (Å²) in [6.45, 7) is 0.842. The SMILES string of the molecule is Cn1ccc(COc2ccc3nc(C4CCCC[C@H]4C(=O)O)n(Cc4cccc(C#N)c4)c3c2)n1. The Balaban J connectivity index is 1.55. The normalized spacial score (nSPS) is 17.8. The minimum atomic E-state index is -0.765. The fourth-order valence-corrected chi connectivity index (χ4v) is 5.01. The van der Waals surface area contributed by atoms with Crippen molar-refractivity contribution in [2.75, 3.05) is 0 Å². The highest BCUT2D eigenvalue weighted by Crippen LogP contribution is 2.39. The van der Waals surface area contributed by atoms with Crippen LogP contribution in [-0.4, -0.2) is 30.4 Å². The van der Waals surface area contributed by atoms with Crippen molar-refractivity contribution in [3.8, 4) is 11.8 Å². The molecule has 0 aliphatic heterocycles. The van der Waals surface area contributed by atoms with Gasteiger partial charge in [0.1, 0.15) is 18.2 Å². The maximum absolute atomic E-state index is 12.1. The molecule has 1 saturated carbocycles. The summed E-state index contributed by atoms with van der Waals surface area (Å²) in [4.78, 5) is 17.0. The average Bonchev–Trinajstić information content (AvgIpc) is 3.45. The second-order valence-corrected chi connectivity index (χ2v) is 9.12. The maximum atomic E-state index is 12.1. The molecule has 1 N–H and O–H groups in total. The van der Waals surface area contributed by atoms with Crippen LogP contribution in [0.2, 0.25) is 0 Å². The second kappa shape index (κ2) is 9.63. The summed E-state index contributed by atoms with van der Waals surface area (Å²) in [6, 6.07) is 17.4. The van der Waals surface area contributed by atoms with E-state index >= 15 is 0 Å². The van der Waals surface area contributed by atoms with Crippen LogP contribution in [-0.2, 0) is 25.0 Å². The Labute approximate surface area is 203 Å². The largest absolute Gasteiger partial charge is 0.487 e. The molecule has 0 saturated heterocycles. The summed E-state index contributed by atoms with van der Waals surface area (Å²) in [5, 5.41) is 23.6. The van der Waals surface area contributed by atoms with Crippen molar-refractivity contribution in [2.24, 2.45) is 13.0 Å². The van der Waals surface area contributed by atoms with E-state index in [1.807, 2.05) is 55.7 Å². The highest BCUT2D eigenvalue weighted by atomic mass is 16.5. The number of imidazole rings is 1. The number of aliphatic carboxylic acids is 1. The number of rotatable bonds is 7. The first-order valence-electron chi connectivity index (χ1n) is 11.8. The van der Waals surface area contributed by atoms with Crippen LogP contribution in [0.15, 0.2) is 54.7 Å². The molecule has 8 nitrogen and oxygen atoms in total. The van der Waals surface area contributed by atoms with Crippen molar-refractivity contribution >= 4 is 17.0 Å². The molecule has 4 aromatic rings. The number of nitriles is 1. The van der Waals surface area contributed by atoms with Crippen LogP contribution in [0.25, 0.3) is 11.0 Å². The topological polar surface area (TPSA) is 106 Å². The highest BCUT2D eigenvalue weighted by Gasteiger charge is 2.35. The number of hydrogen-bond donors (Lipinski definition) is 1. The van der Waals surface area contributed by atoms with Gasteiger partial charge in [0.2, 0.25) is 0 Å². The standard InChI is InChI=1S/C27H27N5O3/c1-31-12-11-20(30-31)17-35-21-9-10-24-25(14-21)32(16-19-6-4-5-18(13-19)15-28)26(29-24)22-7-2-3-8-23(22)27(33)34/h4-6,9-14,22-23H,2-3,7-8,16-17H2,1H3,(H,33,34)/t22?,23-/m1/s1. The summed E-state index contributed by atoms with van der Waals surface area (Å²) >= 11 is 0. The minimum absolute atomic E-state index is 0.161. The van der Waals surface area contributed by atoms with E-state index in [9.17, 15) is 15.2 Å². The Kier molecular flexibility index (Phi) is 6.23. The fraction of sp³-hybridized carbons (Fsp3) is 0.333. The summed E-state index contributed by atoms with van der Waals surface area (Å²) in [5.41, 5.74) is 4.08. The summed E-state index contributed by atoms with van der Waals surface area (Å²) in [5.74, 6) is 0.103. The Morgan fingerprint density at radius 3 is 2.83 bits per heavy atom. The van der Waals surface area contributed by atoms with E-state index in [4.69, 9.17) is 9.72 Å². The second-order valence-electron chi connectivity index (χ2n) is 9.12. The molecule has 2 aromatic heterocycles. The van der Waals surface area contributed by atoms with Crippen LogP contribution < -0.4 is 4.74 Å². The molecular weight excluding hydrogens is 442 g/mol.